The third-order valence-electron chi connectivity index (χ3n) is 3.46. The van der Waals surface area contributed by atoms with Crippen LogP contribution in [0.15, 0.2) is 36.4 Å². The number of rotatable bonds is 2. The van der Waals surface area contributed by atoms with Gasteiger partial charge in [0.1, 0.15) is 5.75 Å². The van der Waals surface area contributed by atoms with Crippen molar-refractivity contribution in [3.63, 3.8) is 0 Å². The van der Waals surface area contributed by atoms with Gasteiger partial charge in [-0.15, -0.1) is 0 Å². The van der Waals surface area contributed by atoms with Crippen LogP contribution in [0.25, 0.3) is 11.1 Å². The van der Waals surface area contributed by atoms with Gasteiger partial charge < -0.3 is 10.1 Å². The molecule has 0 fully saturated rings. The van der Waals surface area contributed by atoms with Crippen LogP contribution in [0.4, 0.5) is 5.69 Å². The second-order valence-electron chi connectivity index (χ2n) is 5.11. The summed E-state index contributed by atoms with van der Waals surface area (Å²) in [5.41, 5.74) is 4.94. The van der Waals surface area contributed by atoms with Crippen LogP contribution in [-0.4, -0.2) is 11.9 Å². The van der Waals surface area contributed by atoms with E-state index in [0.717, 1.165) is 23.1 Å². The first-order chi connectivity index (χ1) is 10.0. The van der Waals surface area contributed by atoms with Gasteiger partial charge in [-0.05, 0) is 22.8 Å². The summed E-state index contributed by atoms with van der Waals surface area (Å²) < 4.78 is 5.32. The maximum absolute atomic E-state index is 11.3. The summed E-state index contributed by atoms with van der Waals surface area (Å²) in [5.74, 6) is -0.0110. The molecule has 106 valence electrons. The highest BCUT2D eigenvalue weighted by molar-refractivity contribution is 5.92. The van der Waals surface area contributed by atoms with Crippen molar-refractivity contribution in [2.45, 2.75) is 20.3 Å². The van der Waals surface area contributed by atoms with Crippen LogP contribution in [0.2, 0.25) is 0 Å². The molecule has 0 aliphatic heterocycles. The Morgan fingerprint density at radius 1 is 1.10 bits per heavy atom. The monoisotopic (exact) mass is 281 g/mol. The Morgan fingerprint density at radius 2 is 1.86 bits per heavy atom. The maximum Gasteiger partial charge on any atom is 0.308 e. The first-order valence-corrected chi connectivity index (χ1v) is 6.76. The van der Waals surface area contributed by atoms with E-state index in [1.165, 1.54) is 19.4 Å². The van der Waals surface area contributed by atoms with Crippen LogP contribution in [0.1, 0.15) is 25.0 Å². The highest BCUT2D eigenvalue weighted by atomic mass is 16.5. The van der Waals surface area contributed by atoms with Crippen LogP contribution in [0, 0.1) is 0 Å². The highest BCUT2D eigenvalue weighted by Gasteiger charge is 2.23. The molecular formula is C17H15NO3. The van der Waals surface area contributed by atoms with Gasteiger partial charge in [0, 0.05) is 37.6 Å². The third-order valence-corrected chi connectivity index (χ3v) is 3.46. The predicted octanol–water partition coefficient (Wildman–Crippen LogP) is 3.14. The predicted molar refractivity (Wildman–Crippen MR) is 80.3 cm³/mol. The lowest BCUT2D eigenvalue weighted by Crippen LogP contribution is -2.08. The maximum atomic E-state index is 11.3. The molecule has 21 heavy (non-hydrogen) atoms. The van der Waals surface area contributed by atoms with Crippen molar-refractivity contribution in [2.24, 2.45) is 0 Å². The molecule has 2 aromatic carbocycles. The molecule has 4 heteroatoms. The summed E-state index contributed by atoms with van der Waals surface area (Å²) in [6.45, 7) is 2.83. The zero-order chi connectivity index (χ0) is 15.0. The van der Waals surface area contributed by atoms with E-state index in [2.05, 4.69) is 11.4 Å². The third kappa shape index (κ3) is 2.52. The fourth-order valence-corrected chi connectivity index (χ4v) is 2.72. The zero-order valence-electron chi connectivity index (χ0n) is 11.9. The number of amides is 1. The lowest BCUT2D eigenvalue weighted by molar-refractivity contribution is -0.131. The SMILES string of the molecule is CC(=O)Nc1cc(OC(C)=O)c2c(c1)-c1ccccc1C2. The molecule has 0 aromatic heterocycles. The molecule has 0 unspecified atom stereocenters. The van der Waals surface area contributed by atoms with Crippen LogP contribution in [-0.2, 0) is 16.0 Å². The minimum Gasteiger partial charge on any atom is -0.426 e. The minimum absolute atomic E-state index is 0.157. The zero-order valence-corrected chi connectivity index (χ0v) is 11.9. The van der Waals surface area contributed by atoms with Crippen molar-refractivity contribution < 1.29 is 14.3 Å². The van der Waals surface area contributed by atoms with Gasteiger partial charge in [-0.25, -0.2) is 0 Å². The molecule has 2 aromatic rings. The second-order valence-corrected chi connectivity index (χ2v) is 5.11. The summed E-state index contributed by atoms with van der Waals surface area (Å²) in [4.78, 5) is 22.6. The van der Waals surface area contributed by atoms with Gasteiger partial charge in [-0.2, -0.15) is 0 Å². The molecule has 0 radical (unpaired) electrons. The van der Waals surface area contributed by atoms with E-state index in [-0.39, 0.29) is 11.9 Å². The lowest BCUT2D eigenvalue weighted by atomic mass is 10.0. The Labute approximate surface area is 122 Å². The first-order valence-electron chi connectivity index (χ1n) is 6.76. The molecule has 4 nitrogen and oxygen atoms in total. The van der Waals surface area contributed by atoms with Crippen LogP contribution >= 0.6 is 0 Å². The van der Waals surface area contributed by atoms with Crippen molar-refractivity contribution in [3.05, 3.63) is 47.5 Å². The van der Waals surface area contributed by atoms with Gasteiger partial charge >= 0.3 is 5.97 Å². The van der Waals surface area contributed by atoms with Crippen LogP contribution < -0.4 is 10.1 Å². The fraction of sp³-hybridized carbons (Fsp3) is 0.176. The first kappa shape index (κ1) is 13.4. The topological polar surface area (TPSA) is 55.4 Å². The number of carbonyl (C=O) groups is 2. The summed E-state index contributed by atoms with van der Waals surface area (Å²) >= 11 is 0. The number of ether oxygens (including phenoxy) is 1. The van der Waals surface area contributed by atoms with E-state index in [9.17, 15) is 9.59 Å². The number of benzene rings is 2. The van der Waals surface area contributed by atoms with Gasteiger partial charge in [0.25, 0.3) is 0 Å². The standard InChI is InChI=1S/C17H15NO3/c1-10(19)18-13-8-15-14-6-4-3-5-12(14)7-16(15)17(9-13)21-11(2)20/h3-6,8-9H,7H2,1-2H3,(H,18,19). The normalized spacial score (nSPS) is 11.5. The Bertz CT molecular complexity index is 750. The van der Waals surface area contributed by atoms with Crippen molar-refractivity contribution in [3.8, 4) is 16.9 Å². The molecule has 0 heterocycles. The van der Waals surface area contributed by atoms with Gasteiger partial charge in [-0.3, -0.25) is 9.59 Å². The average Bonchev–Trinajstić information content (AvgIpc) is 2.77. The molecule has 1 N–H and O–H groups in total. The van der Waals surface area contributed by atoms with E-state index >= 15 is 0 Å². The molecule has 0 saturated heterocycles. The minimum atomic E-state index is -0.367. The van der Waals surface area contributed by atoms with Gasteiger partial charge in [0.15, 0.2) is 0 Å². The van der Waals surface area contributed by atoms with Crippen molar-refractivity contribution in [1.82, 2.24) is 0 Å². The number of anilines is 1. The average molecular weight is 281 g/mol. The Morgan fingerprint density at radius 3 is 2.57 bits per heavy atom. The van der Waals surface area contributed by atoms with E-state index in [1.54, 1.807) is 6.07 Å². The molecule has 0 bridgehead atoms. The van der Waals surface area contributed by atoms with Crippen LogP contribution in [0.3, 0.4) is 0 Å². The van der Waals surface area contributed by atoms with Crippen molar-refractivity contribution >= 4 is 17.6 Å². The van der Waals surface area contributed by atoms with Crippen molar-refractivity contribution in [1.29, 1.82) is 0 Å². The summed E-state index contributed by atoms with van der Waals surface area (Å²) in [7, 11) is 0. The molecule has 0 saturated carbocycles. The highest BCUT2D eigenvalue weighted by Crippen LogP contribution is 2.43. The molecule has 0 atom stereocenters. The number of esters is 1. The number of carbonyl (C=O) groups excluding carboxylic acids is 2. The lowest BCUT2D eigenvalue weighted by Gasteiger charge is -2.11. The molecule has 1 aliphatic rings. The number of hydrogen-bond acceptors (Lipinski definition) is 3. The van der Waals surface area contributed by atoms with E-state index in [4.69, 9.17) is 4.74 Å². The van der Waals surface area contributed by atoms with E-state index < -0.39 is 0 Å². The molecule has 1 amide bonds. The van der Waals surface area contributed by atoms with Gasteiger partial charge in [0.2, 0.25) is 5.91 Å². The summed E-state index contributed by atoms with van der Waals surface area (Å²) in [6, 6.07) is 11.7. The van der Waals surface area contributed by atoms with E-state index in [1.807, 2.05) is 24.3 Å². The Hall–Kier alpha value is -2.62. The van der Waals surface area contributed by atoms with E-state index in [0.29, 0.717) is 11.4 Å². The number of fused-ring (bicyclic) bond motifs is 3. The van der Waals surface area contributed by atoms with Crippen LogP contribution in [0.5, 0.6) is 5.75 Å². The number of nitrogens with one attached hydrogen (secondary N) is 1. The fourth-order valence-electron chi connectivity index (χ4n) is 2.72. The molecule has 0 spiro atoms. The molecular weight excluding hydrogens is 266 g/mol. The van der Waals surface area contributed by atoms with Crippen molar-refractivity contribution in [2.75, 3.05) is 5.32 Å². The quantitative estimate of drug-likeness (QED) is 0.580. The molecule has 3 rings (SSSR count). The second kappa shape index (κ2) is 5.05. The molecule has 1 aliphatic carbocycles. The van der Waals surface area contributed by atoms with Gasteiger partial charge in [0.05, 0.1) is 0 Å². The summed E-state index contributed by atoms with van der Waals surface area (Å²) in [5, 5.41) is 2.75. The Balaban J connectivity index is 2.15. The van der Waals surface area contributed by atoms with Gasteiger partial charge in [-0.1, -0.05) is 24.3 Å². The smallest absolute Gasteiger partial charge is 0.308 e. The summed E-state index contributed by atoms with van der Waals surface area (Å²) in [6.07, 6.45) is 0.731. The largest absolute Gasteiger partial charge is 0.426 e. The number of hydrogen-bond donors (Lipinski definition) is 1. The Kier molecular flexibility index (Phi) is 3.22.